The molecule has 3 nitrogen and oxygen atoms in total. The van der Waals surface area contributed by atoms with Gasteiger partial charge >= 0.3 is 0 Å². The van der Waals surface area contributed by atoms with Gasteiger partial charge < -0.3 is 10.0 Å². The molecule has 0 saturated carbocycles. The first-order valence-electron chi connectivity index (χ1n) is 10.7. The summed E-state index contributed by atoms with van der Waals surface area (Å²) in [5, 5.41) is 10.1. The fourth-order valence-electron chi connectivity index (χ4n) is 5.66. The molecule has 3 heteroatoms. The fourth-order valence-corrected chi connectivity index (χ4v) is 5.66. The molecule has 1 unspecified atom stereocenters. The van der Waals surface area contributed by atoms with Crippen LogP contribution in [0.2, 0.25) is 0 Å². The first kappa shape index (κ1) is 20.4. The molecule has 1 heterocycles. The molecule has 2 bridgehead atoms. The molecule has 1 aromatic rings. The van der Waals surface area contributed by atoms with Gasteiger partial charge in [-0.25, -0.2) is 0 Å². The maximum Gasteiger partial charge on any atom is 0.132 e. The summed E-state index contributed by atoms with van der Waals surface area (Å²) in [7, 11) is 2.23. The van der Waals surface area contributed by atoms with Gasteiger partial charge in [-0.05, 0) is 73.9 Å². The lowest BCUT2D eigenvalue weighted by molar-refractivity contribution is -0.121. The molecule has 1 fully saturated rings. The standard InChI is InChI=1S/C24H37NO2/c1-17(2)7-6-8-19(26)11-12-24(4)22-15-18-9-10-20(27)16-21(18)23(24,3)13-14-25(22)5/h9-10,16-17,22,27H,6-8,11-15H2,1-5H3/t22?,23-,24-/m1/s1. The van der Waals surface area contributed by atoms with Gasteiger partial charge in [-0.1, -0.05) is 40.2 Å². The number of Topliss-reactive ketones (excluding diaryl/α,β-unsaturated/α-hetero) is 1. The van der Waals surface area contributed by atoms with Gasteiger partial charge in [0.25, 0.3) is 0 Å². The van der Waals surface area contributed by atoms with E-state index in [-0.39, 0.29) is 10.8 Å². The number of ketones is 1. The molecule has 0 radical (unpaired) electrons. The number of phenolic OH excluding ortho intramolecular Hbond substituents is 1. The van der Waals surface area contributed by atoms with E-state index in [9.17, 15) is 9.90 Å². The second-order valence-corrected chi connectivity index (χ2v) is 9.87. The van der Waals surface area contributed by atoms with Crippen molar-refractivity contribution >= 4 is 5.78 Å². The van der Waals surface area contributed by atoms with Crippen molar-refractivity contribution in [3.8, 4) is 5.75 Å². The lowest BCUT2D eigenvalue weighted by Crippen LogP contribution is -2.64. The number of aromatic hydroxyl groups is 1. The molecule has 1 N–H and O–H groups in total. The smallest absolute Gasteiger partial charge is 0.132 e. The van der Waals surface area contributed by atoms with Gasteiger partial charge in [0.15, 0.2) is 0 Å². The third-order valence-electron chi connectivity index (χ3n) is 7.75. The predicted octanol–water partition coefficient (Wildman–Crippen LogP) is 5.09. The number of likely N-dealkylation sites (tertiary alicyclic amines) is 1. The van der Waals surface area contributed by atoms with Crippen LogP contribution in [0.15, 0.2) is 18.2 Å². The van der Waals surface area contributed by atoms with Crippen LogP contribution in [0.1, 0.15) is 77.3 Å². The quantitative estimate of drug-likeness (QED) is 0.725. The van der Waals surface area contributed by atoms with Crippen molar-refractivity contribution in [3.63, 3.8) is 0 Å². The molecular weight excluding hydrogens is 334 g/mol. The van der Waals surface area contributed by atoms with Gasteiger partial charge in [-0.15, -0.1) is 0 Å². The summed E-state index contributed by atoms with van der Waals surface area (Å²) in [6.07, 6.45) is 6.59. The number of nitrogens with zero attached hydrogens (tertiary/aromatic N) is 1. The summed E-state index contributed by atoms with van der Waals surface area (Å²) in [6.45, 7) is 10.3. The van der Waals surface area contributed by atoms with E-state index in [1.54, 1.807) is 0 Å². The minimum atomic E-state index is 0.00864. The summed E-state index contributed by atoms with van der Waals surface area (Å²) in [6, 6.07) is 6.36. The van der Waals surface area contributed by atoms with E-state index < -0.39 is 0 Å². The van der Waals surface area contributed by atoms with Crippen molar-refractivity contribution in [3.05, 3.63) is 29.3 Å². The van der Waals surface area contributed by atoms with Crippen LogP contribution >= 0.6 is 0 Å². The average molecular weight is 372 g/mol. The van der Waals surface area contributed by atoms with Crippen LogP contribution in [-0.2, 0) is 16.6 Å². The SMILES string of the molecule is CC(C)CCCC(=O)CC[C@]1(C)C2Cc3ccc(O)cc3[C@@]1(C)CCN2C. The van der Waals surface area contributed by atoms with Crippen LogP contribution in [0.3, 0.4) is 0 Å². The van der Waals surface area contributed by atoms with Gasteiger partial charge in [-0.3, -0.25) is 4.79 Å². The molecule has 3 rings (SSSR count). The zero-order valence-corrected chi connectivity index (χ0v) is 17.8. The topological polar surface area (TPSA) is 40.5 Å². The largest absolute Gasteiger partial charge is 0.508 e. The Morgan fingerprint density at radius 2 is 2.04 bits per heavy atom. The highest BCUT2D eigenvalue weighted by Crippen LogP contribution is 2.58. The lowest BCUT2D eigenvalue weighted by atomic mass is 9.49. The molecule has 1 aromatic carbocycles. The Kier molecular flexibility index (Phi) is 5.72. The monoisotopic (exact) mass is 371 g/mol. The molecule has 1 aliphatic carbocycles. The Morgan fingerprint density at radius 1 is 1.30 bits per heavy atom. The van der Waals surface area contributed by atoms with E-state index in [0.717, 1.165) is 45.1 Å². The molecule has 2 aliphatic rings. The van der Waals surface area contributed by atoms with Gasteiger partial charge in [0.2, 0.25) is 0 Å². The first-order valence-corrected chi connectivity index (χ1v) is 10.7. The van der Waals surface area contributed by atoms with E-state index in [4.69, 9.17) is 0 Å². The van der Waals surface area contributed by atoms with Crippen LogP contribution in [0.25, 0.3) is 0 Å². The van der Waals surface area contributed by atoms with Gasteiger partial charge in [0.05, 0.1) is 0 Å². The van der Waals surface area contributed by atoms with Gasteiger partial charge in [0, 0.05) is 24.3 Å². The van der Waals surface area contributed by atoms with E-state index in [1.165, 1.54) is 11.1 Å². The van der Waals surface area contributed by atoms with Crippen molar-refractivity contribution in [2.75, 3.05) is 13.6 Å². The summed E-state index contributed by atoms with van der Waals surface area (Å²) >= 11 is 0. The molecular formula is C24H37NO2. The molecule has 3 atom stereocenters. The zero-order chi connectivity index (χ0) is 19.8. The highest BCUT2D eigenvalue weighted by Gasteiger charge is 2.57. The number of rotatable bonds is 7. The Hall–Kier alpha value is -1.35. The summed E-state index contributed by atoms with van der Waals surface area (Å²) in [5.41, 5.74) is 2.73. The second-order valence-electron chi connectivity index (χ2n) is 9.87. The van der Waals surface area contributed by atoms with Crippen LogP contribution in [0.5, 0.6) is 5.75 Å². The van der Waals surface area contributed by atoms with Gasteiger partial charge in [0.1, 0.15) is 11.5 Å². The summed E-state index contributed by atoms with van der Waals surface area (Å²) < 4.78 is 0. The Balaban J connectivity index is 1.81. The molecule has 0 spiro atoms. The minimum absolute atomic E-state index is 0.00864. The van der Waals surface area contributed by atoms with Crippen LogP contribution in [0.4, 0.5) is 0 Å². The number of carbonyl (C=O) groups is 1. The van der Waals surface area contributed by atoms with E-state index in [1.807, 2.05) is 12.1 Å². The van der Waals surface area contributed by atoms with Gasteiger partial charge in [-0.2, -0.15) is 0 Å². The lowest BCUT2D eigenvalue weighted by Gasteiger charge is -2.62. The number of carbonyl (C=O) groups excluding carboxylic acids is 1. The highest BCUT2D eigenvalue weighted by atomic mass is 16.3. The number of benzene rings is 1. The minimum Gasteiger partial charge on any atom is -0.508 e. The maximum atomic E-state index is 12.6. The molecule has 150 valence electrons. The average Bonchev–Trinajstić information content (AvgIpc) is 2.60. The molecule has 1 aliphatic heterocycles. The summed E-state index contributed by atoms with van der Waals surface area (Å²) in [4.78, 5) is 15.1. The molecule has 1 saturated heterocycles. The summed E-state index contributed by atoms with van der Waals surface area (Å²) in [5.74, 6) is 1.45. The highest BCUT2D eigenvalue weighted by molar-refractivity contribution is 5.78. The number of hydrogen-bond donors (Lipinski definition) is 1. The van der Waals surface area contributed by atoms with Crippen molar-refractivity contribution < 1.29 is 9.90 Å². The molecule has 27 heavy (non-hydrogen) atoms. The van der Waals surface area contributed by atoms with E-state index >= 15 is 0 Å². The maximum absolute atomic E-state index is 12.6. The van der Waals surface area contributed by atoms with Crippen molar-refractivity contribution in [2.45, 2.75) is 84.1 Å². The number of fused-ring (bicyclic) bond motifs is 4. The number of likely N-dealkylation sites (N-methyl/N-ethyl adjacent to an activating group) is 1. The first-order chi connectivity index (χ1) is 12.7. The van der Waals surface area contributed by atoms with Crippen LogP contribution < -0.4 is 0 Å². The Labute approximate surface area is 165 Å². The normalized spacial score (nSPS) is 30.4. The molecule has 0 amide bonds. The number of phenols is 1. The van der Waals surface area contributed by atoms with E-state index in [0.29, 0.717) is 29.9 Å². The Bertz CT molecular complexity index is 698. The van der Waals surface area contributed by atoms with Crippen molar-refractivity contribution in [2.24, 2.45) is 11.3 Å². The third kappa shape index (κ3) is 3.68. The third-order valence-corrected chi connectivity index (χ3v) is 7.75. The number of piperidine rings is 1. The zero-order valence-electron chi connectivity index (χ0n) is 17.8. The van der Waals surface area contributed by atoms with E-state index in [2.05, 4.69) is 45.7 Å². The Morgan fingerprint density at radius 3 is 2.74 bits per heavy atom. The van der Waals surface area contributed by atoms with Crippen LogP contribution in [-0.4, -0.2) is 35.4 Å². The van der Waals surface area contributed by atoms with Crippen LogP contribution in [0, 0.1) is 11.3 Å². The second kappa shape index (κ2) is 7.58. The van der Waals surface area contributed by atoms with Crippen molar-refractivity contribution in [1.82, 2.24) is 4.90 Å². The number of hydrogen-bond acceptors (Lipinski definition) is 3. The van der Waals surface area contributed by atoms with Crippen molar-refractivity contribution in [1.29, 1.82) is 0 Å². The predicted molar refractivity (Wildman–Crippen MR) is 111 cm³/mol. The fraction of sp³-hybridized carbons (Fsp3) is 0.708. The molecule has 0 aromatic heterocycles.